The number of hydrogen-bond acceptors (Lipinski definition) is 7. The lowest BCUT2D eigenvalue weighted by molar-refractivity contribution is 0.0591. The second-order valence-electron chi connectivity index (χ2n) is 7.50. The zero-order chi connectivity index (χ0) is 20.5. The van der Waals surface area contributed by atoms with Gasteiger partial charge in [0, 0.05) is 19.0 Å². The number of hydrogen-bond donors (Lipinski definition) is 1. The molecule has 2 aliphatic rings. The van der Waals surface area contributed by atoms with E-state index in [1.807, 2.05) is 6.07 Å². The van der Waals surface area contributed by atoms with Crippen molar-refractivity contribution >= 4 is 11.9 Å². The summed E-state index contributed by atoms with van der Waals surface area (Å²) in [6, 6.07) is 3.43. The molecule has 9 nitrogen and oxygen atoms in total. The van der Waals surface area contributed by atoms with Crippen LogP contribution in [0.3, 0.4) is 0 Å². The molecule has 0 saturated carbocycles. The number of esters is 1. The molecule has 0 radical (unpaired) electrons. The third-order valence-corrected chi connectivity index (χ3v) is 5.56. The van der Waals surface area contributed by atoms with Crippen molar-refractivity contribution in [3.63, 3.8) is 0 Å². The number of methoxy groups -OCH3 is 1. The molecule has 1 N–H and O–H groups in total. The third-order valence-electron chi connectivity index (χ3n) is 5.56. The number of carbonyl (C=O) groups excluding carboxylic acids is 2. The fraction of sp³-hybridized carbons (Fsp3) is 0.500. The second-order valence-corrected chi connectivity index (χ2v) is 7.50. The van der Waals surface area contributed by atoms with E-state index >= 15 is 0 Å². The highest BCUT2D eigenvalue weighted by Gasteiger charge is 2.29. The van der Waals surface area contributed by atoms with Crippen molar-refractivity contribution < 1.29 is 18.7 Å². The number of carbonyl (C=O) groups is 2. The van der Waals surface area contributed by atoms with Gasteiger partial charge in [-0.2, -0.15) is 5.10 Å². The molecule has 29 heavy (non-hydrogen) atoms. The van der Waals surface area contributed by atoms with Crippen LogP contribution in [0.1, 0.15) is 56.6 Å². The molecule has 2 aromatic rings. The highest BCUT2D eigenvalue weighted by Crippen LogP contribution is 2.24. The number of piperidine rings is 1. The second kappa shape index (κ2) is 7.82. The SMILES string of the molecule is COC(=O)c1cc2n(n1)CCN(C(=O)c1c(C)cc(C3CCCNC3)oc1=O)C2. The van der Waals surface area contributed by atoms with Crippen LogP contribution in [0.5, 0.6) is 0 Å². The van der Waals surface area contributed by atoms with E-state index in [2.05, 4.69) is 10.4 Å². The summed E-state index contributed by atoms with van der Waals surface area (Å²) in [5.41, 5.74) is 1.03. The Kier molecular flexibility index (Phi) is 5.23. The summed E-state index contributed by atoms with van der Waals surface area (Å²) in [6.45, 7) is 4.60. The summed E-state index contributed by atoms with van der Waals surface area (Å²) in [5.74, 6) is -0.0956. The number of nitrogens with zero attached hydrogens (tertiary/aromatic N) is 3. The van der Waals surface area contributed by atoms with Gasteiger partial charge >= 0.3 is 11.6 Å². The average Bonchev–Trinajstić information content (AvgIpc) is 3.16. The van der Waals surface area contributed by atoms with E-state index in [4.69, 9.17) is 9.15 Å². The summed E-state index contributed by atoms with van der Waals surface area (Å²) in [4.78, 5) is 39.0. The molecule has 1 saturated heterocycles. The van der Waals surface area contributed by atoms with E-state index in [0.717, 1.165) is 31.6 Å². The Labute approximate surface area is 167 Å². The zero-order valence-corrected chi connectivity index (χ0v) is 16.6. The van der Waals surface area contributed by atoms with Crippen LogP contribution in [0.2, 0.25) is 0 Å². The molecule has 2 aliphatic heterocycles. The lowest BCUT2D eigenvalue weighted by Crippen LogP contribution is -2.40. The monoisotopic (exact) mass is 400 g/mol. The van der Waals surface area contributed by atoms with Crippen LogP contribution in [-0.4, -0.2) is 53.3 Å². The number of amides is 1. The van der Waals surface area contributed by atoms with Crippen LogP contribution >= 0.6 is 0 Å². The summed E-state index contributed by atoms with van der Waals surface area (Å²) < 4.78 is 11.9. The van der Waals surface area contributed by atoms with E-state index < -0.39 is 11.6 Å². The molecule has 0 aromatic carbocycles. The molecular formula is C20H24N4O5. The van der Waals surface area contributed by atoms with Gasteiger partial charge in [0.2, 0.25) is 0 Å². The fourth-order valence-corrected chi connectivity index (χ4v) is 3.99. The lowest BCUT2D eigenvalue weighted by atomic mass is 9.95. The summed E-state index contributed by atoms with van der Waals surface area (Å²) in [6.07, 6.45) is 1.99. The lowest BCUT2D eigenvalue weighted by Gasteiger charge is -2.28. The average molecular weight is 400 g/mol. The molecule has 1 atom stereocenters. The minimum absolute atomic E-state index is 0.0682. The van der Waals surface area contributed by atoms with E-state index in [-0.39, 0.29) is 29.6 Å². The van der Waals surface area contributed by atoms with Gasteiger partial charge in [-0.25, -0.2) is 9.59 Å². The van der Waals surface area contributed by atoms with Crippen LogP contribution in [0.25, 0.3) is 0 Å². The number of fused-ring (bicyclic) bond motifs is 1. The number of aromatic nitrogens is 2. The topological polar surface area (TPSA) is 107 Å². The van der Waals surface area contributed by atoms with Crippen LogP contribution < -0.4 is 10.9 Å². The molecule has 4 rings (SSSR count). The number of ether oxygens (including phenoxy) is 1. The standard InChI is InChI=1S/C20H24N4O5/c1-12-8-16(13-4-3-5-21-10-13)29-20(27)17(12)18(25)23-6-7-24-14(11-23)9-15(22-24)19(26)28-2/h8-9,13,21H,3-7,10-11H2,1-2H3. The predicted octanol–water partition coefficient (Wildman–Crippen LogP) is 1.05. The van der Waals surface area contributed by atoms with Gasteiger partial charge in [-0.1, -0.05) is 0 Å². The Morgan fingerprint density at radius 2 is 2.14 bits per heavy atom. The maximum absolute atomic E-state index is 13.1. The Hall–Kier alpha value is -2.94. The molecule has 1 unspecified atom stereocenters. The fourth-order valence-electron chi connectivity index (χ4n) is 3.99. The molecule has 154 valence electrons. The smallest absolute Gasteiger partial charge is 0.358 e. The van der Waals surface area contributed by atoms with Gasteiger partial charge in [-0.3, -0.25) is 9.48 Å². The van der Waals surface area contributed by atoms with Crippen LogP contribution in [0.4, 0.5) is 0 Å². The number of nitrogens with one attached hydrogen (secondary N) is 1. The highest BCUT2D eigenvalue weighted by atomic mass is 16.5. The third kappa shape index (κ3) is 3.69. The first-order valence-electron chi connectivity index (χ1n) is 9.77. The van der Waals surface area contributed by atoms with Crippen LogP contribution in [0.15, 0.2) is 21.3 Å². The van der Waals surface area contributed by atoms with Gasteiger partial charge in [-0.05, 0) is 44.0 Å². The summed E-state index contributed by atoms with van der Waals surface area (Å²) >= 11 is 0. The van der Waals surface area contributed by atoms with Crippen molar-refractivity contribution in [2.75, 3.05) is 26.7 Å². The van der Waals surface area contributed by atoms with Gasteiger partial charge in [0.25, 0.3) is 5.91 Å². The Morgan fingerprint density at radius 1 is 1.31 bits per heavy atom. The zero-order valence-electron chi connectivity index (χ0n) is 16.6. The van der Waals surface area contributed by atoms with Crippen molar-refractivity contribution in [1.82, 2.24) is 20.0 Å². The maximum atomic E-state index is 13.1. The largest absolute Gasteiger partial charge is 0.464 e. The van der Waals surface area contributed by atoms with Gasteiger partial charge in [0.15, 0.2) is 5.69 Å². The highest BCUT2D eigenvalue weighted by molar-refractivity contribution is 5.95. The molecule has 0 bridgehead atoms. The van der Waals surface area contributed by atoms with Crippen molar-refractivity contribution in [1.29, 1.82) is 0 Å². The van der Waals surface area contributed by atoms with Gasteiger partial charge in [0.1, 0.15) is 11.3 Å². The molecule has 1 fully saturated rings. The number of aryl methyl sites for hydroxylation is 1. The normalized spacial score (nSPS) is 19.0. The van der Waals surface area contributed by atoms with E-state index in [9.17, 15) is 14.4 Å². The molecule has 1 amide bonds. The van der Waals surface area contributed by atoms with Crippen molar-refractivity contribution in [2.24, 2.45) is 0 Å². The van der Waals surface area contributed by atoms with Gasteiger partial charge < -0.3 is 19.4 Å². The minimum atomic E-state index is -0.593. The Morgan fingerprint density at radius 3 is 2.83 bits per heavy atom. The summed E-state index contributed by atoms with van der Waals surface area (Å²) in [7, 11) is 1.30. The van der Waals surface area contributed by atoms with Gasteiger partial charge in [-0.15, -0.1) is 0 Å². The first-order chi connectivity index (χ1) is 14.0. The minimum Gasteiger partial charge on any atom is -0.464 e. The maximum Gasteiger partial charge on any atom is 0.358 e. The molecule has 9 heteroatoms. The first kappa shape index (κ1) is 19.4. The van der Waals surface area contributed by atoms with Crippen molar-refractivity contribution in [2.45, 2.75) is 38.8 Å². The van der Waals surface area contributed by atoms with Crippen LogP contribution in [-0.2, 0) is 17.8 Å². The molecule has 0 aliphatic carbocycles. The van der Waals surface area contributed by atoms with Crippen molar-refractivity contribution in [3.05, 3.63) is 50.8 Å². The van der Waals surface area contributed by atoms with E-state index in [1.54, 1.807) is 22.6 Å². The van der Waals surface area contributed by atoms with Crippen LogP contribution in [0, 0.1) is 6.92 Å². The first-order valence-corrected chi connectivity index (χ1v) is 9.77. The van der Waals surface area contributed by atoms with E-state index in [1.165, 1.54) is 7.11 Å². The molecule has 0 spiro atoms. The molecular weight excluding hydrogens is 376 g/mol. The Bertz CT molecular complexity index is 1000. The summed E-state index contributed by atoms with van der Waals surface area (Å²) in [5, 5.41) is 7.51. The molecule has 4 heterocycles. The Balaban J connectivity index is 1.56. The quantitative estimate of drug-likeness (QED) is 0.768. The van der Waals surface area contributed by atoms with Crippen molar-refractivity contribution in [3.8, 4) is 0 Å². The van der Waals surface area contributed by atoms with Gasteiger partial charge in [0.05, 0.1) is 25.9 Å². The predicted molar refractivity (Wildman–Crippen MR) is 103 cm³/mol. The number of rotatable bonds is 3. The van der Waals surface area contributed by atoms with E-state index in [0.29, 0.717) is 24.4 Å². The molecule has 2 aromatic heterocycles.